The highest BCUT2D eigenvalue weighted by atomic mass is 16.3. The number of aromatic nitrogens is 2. The summed E-state index contributed by atoms with van der Waals surface area (Å²) in [6.45, 7) is 2.82. The summed E-state index contributed by atoms with van der Waals surface area (Å²) in [4.78, 5) is 9.37. The molecule has 0 atom stereocenters. The maximum absolute atomic E-state index is 5.94. The maximum atomic E-state index is 5.94. The standard InChI is InChI=1S/C18H15N3O/c1-2-19-18-16-15(13-10-6-7-11-14(13)22-16)20-17(21-18)12-8-4-3-5-9-12/h3-11H,2H2,1H3,(H,19,20,21). The molecule has 2 aromatic heterocycles. The van der Waals surface area contributed by atoms with E-state index in [0.717, 1.165) is 34.4 Å². The van der Waals surface area contributed by atoms with Crippen LogP contribution in [0.1, 0.15) is 6.92 Å². The molecular formula is C18H15N3O. The van der Waals surface area contributed by atoms with E-state index in [0.29, 0.717) is 11.4 Å². The second-order valence-electron chi connectivity index (χ2n) is 5.07. The number of hydrogen-bond acceptors (Lipinski definition) is 4. The number of benzene rings is 2. The van der Waals surface area contributed by atoms with E-state index in [1.807, 2.05) is 61.5 Å². The van der Waals surface area contributed by atoms with Crippen LogP contribution in [0, 0.1) is 0 Å². The fourth-order valence-corrected chi connectivity index (χ4v) is 2.59. The average molecular weight is 289 g/mol. The van der Waals surface area contributed by atoms with Crippen molar-refractivity contribution in [1.29, 1.82) is 0 Å². The minimum atomic E-state index is 0.704. The van der Waals surface area contributed by atoms with Crippen molar-refractivity contribution in [3.8, 4) is 11.4 Å². The van der Waals surface area contributed by atoms with Crippen molar-refractivity contribution in [2.45, 2.75) is 6.92 Å². The normalized spacial score (nSPS) is 11.1. The van der Waals surface area contributed by atoms with E-state index < -0.39 is 0 Å². The lowest BCUT2D eigenvalue weighted by Gasteiger charge is -2.06. The van der Waals surface area contributed by atoms with Crippen molar-refractivity contribution in [2.24, 2.45) is 0 Å². The molecule has 4 rings (SSSR count). The third-order valence-electron chi connectivity index (χ3n) is 3.60. The van der Waals surface area contributed by atoms with Crippen LogP contribution in [0.5, 0.6) is 0 Å². The Kier molecular flexibility index (Phi) is 3.00. The molecule has 22 heavy (non-hydrogen) atoms. The first-order chi connectivity index (χ1) is 10.9. The molecule has 0 radical (unpaired) electrons. The minimum absolute atomic E-state index is 0.704. The monoisotopic (exact) mass is 289 g/mol. The number of anilines is 1. The average Bonchev–Trinajstić information content (AvgIpc) is 2.95. The van der Waals surface area contributed by atoms with Gasteiger partial charge in [0.05, 0.1) is 0 Å². The predicted molar refractivity (Wildman–Crippen MR) is 88.9 cm³/mol. The van der Waals surface area contributed by atoms with E-state index in [1.54, 1.807) is 0 Å². The predicted octanol–water partition coefficient (Wildman–Crippen LogP) is 4.47. The SMILES string of the molecule is CCNc1nc(-c2ccccc2)nc2c1oc1ccccc12. The molecule has 0 unspecified atom stereocenters. The van der Waals surface area contributed by atoms with E-state index in [-0.39, 0.29) is 0 Å². The molecule has 4 nitrogen and oxygen atoms in total. The highest BCUT2D eigenvalue weighted by Crippen LogP contribution is 2.32. The molecule has 0 aliphatic rings. The second-order valence-corrected chi connectivity index (χ2v) is 5.07. The van der Waals surface area contributed by atoms with Crippen LogP contribution in [0.2, 0.25) is 0 Å². The topological polar surface area (TPSA) is 51.0 Å². The number of para-hydroxylation sites is 1. The van der Waals surface area contributed by atoms with Crippen molar-refractivity contribution in [2.75, 3.05) is 11.9 Å². The zero-order valence-corrected chi connectivity index (χ0v) is 12.2. The fourth-order valence-electron chi connectivity index (χ4n) is 2.59. The highest BCUT2D eigenvalue weighted by Gasteiger charge is 2.15. The fraction of sp³-hybridized carbons (Fsp3) is 0.111. The molecule has 0 aliphatic carbocycles. The summed E-state index contributed by atoms with van der Waals surface area (Å²) >= 11 is 0. The second kappa shape index (κ2) is 5.15. The Bertz CT molecular complexity index is 945. The van der Waals surface area contributed by atoms with Gasteiger partial charge in [-0.25, -0.2) is 9.97 Å². The highest BCUT2D eigenvalue weighted by molar-refractivity contribution is 6.06. The molecule has 4 heteroatoms. The van der Waals surface area contributed by atoms with Crippen LogP contribution in [-0.4, -0.2) is 16.5 Å². The van der Waals surface area contributed by atoms with Gasteiger partial charge in [0.1, 0.15) is 11.1 Å². The van der Waals surface area contributed by atoms with Gasteiger partial charge in [0.15, 0.2) is 17.2 Å². The van der Waals surface area contributed by atoms with Gasteiger partial charge < -0.3 is 9.73 Å². The summed E-state index contributed by atoms with van der Waals surface area (Å²) in [5.74, 6) is 1.44. The molecule has 4 aromatic rings. The van der Waals surface area contributed by atoms with Crippen molar-refractivity contribution in [1.82, 2.24) is 9.97 Å². The lowest BCUT2D eigenvalue weighted by molar-refractivity contribution is 0.667. The summed E-state index contributed by atoms with van der Waals surface area (Å²) in [5.41, 5.74) is 3.38. The Morgan fingerprint density at radius 2 is 1.73 bits per heavy atom. The van der Waals surface area contributed by atoms with Crippen molar-refractivity contribution in [3.05, 3.63) is 54.6 Å². The molecule has 108 valence electrons. The van der Waals surface area contributed by atoms with Crippen molar-refractivity contribution < 1.29 is 4.42 Å². The van der Waals surface area contributed by atoms with Gasteiger partial charge >= 0.3 is 0 Å². The van der Waals surface area contributed by atoms with Gasteiger partial charge in [-0.3, -0.25) is 0 Å². The number of nitrogens with one attached hydrogen (secondary N) is 1. The number of nitrogens with zero attached hydrogens (tertiary/aromatic N) is 2. The van der Waals surface area contributed by atoms with Crippen LogP contribution in [0.15, 0.2) is 59.0 Å². The number of hydrogen-bond donors (Lipinski definition) is 1. The molecule has 2 aromatic carbocycles. The Morgan fingerprint density at radius 1 is 0.955 bits per heavy atom. The van der Waals surface area contributed by atoms with Crippen LogP contribution >= 0.6 is 0 Å². The number of fused-ring (bicyclic) bond motifs is 3. The van der Waals surface area contributed by atoms with Gasteiger partial charge in [-0.15, -0.1) is 0 Å². The molecule has 0 fully saturated rings. The molecule has 0 saturated heterocycles. The van der Waals surface area contributed by atoms with Gasteiger partial charge in [-0.2, -0.15) is 0 Å². The zero-order chi connectivity index (χ0) is 14.9. The first-order valence-electron chi connectivity index (χ1n) is 7.35. The molecule has 0 saturated carbocycles. The summed E-state index contributed by atoms with van der Waals surface area (Å²) in [5, 5.41) is 4.29. The Labute approximate surface area is 127 Å². The van der Waals surface area contributed by atoms with Gasteiger partial charge in [0, 0.05) is 17.5 Å². The first kappa shape index (κ1) is 12.8. The van der Waals surface area contributed by atoms with Crippen molar-refractivity contribution >= 4 is 27.9 Å². The van der Waals surface area contributed by atoms with E-state index in [9.17, 15) is 0 Å². The summed E-state index contributed by atoms with van der Waals surface area (Å²) in [7, 11) is 0. The molecule has 0 amide bonds. The summed E-state index contributed by atoms with van der Waals surface area (Å²) in [6.07, 6.45) is 0. The Morgan fingerprint density at radius 3 is 2.55 bits per heavy atom. The van der Waals surface area contributed by atoms with E-state index >= 15 is 0 Å². The number of rotatable bonds is 3. The Balaban J connectivity index is 2.05. The number of furan rings is 1. The Hall–Kier alpha value is -2.88. The van der Waals surface area contributed by atoms with Gasteiger partial charge in [0.25, 0.3) is 0 Å². The molecular weight excluding hydrogens is 274 g/mol. The summed E-state index contributed by atoms with van der Waals surface area (Å²) < 4.78 is 5.94. The van der Waals surface area contributed by atoms with Gasteiger partial charge in [0.2, 0.25) is 0 Å². The van der Waals surface area contributed by atoms with E-state index in [2.05, 4.69) is 10.3 Å². The molecule has 1 N–H and O–H groups in total. The molecule has 0 bridgehead atoms. The van der Waals surface area contributed by atoms with Crippen LogP contribution < -0.4 is 5.32 Å². The third-order valence-corrected chi connectivity index (χ3v) is 3.60. The van der Waals surface area contributed by atoms with Gasteiger partial charge in [-0.05, 0) is 19.1 Å². The third kappa shape index (κ3) is 2.00. The molecule has 0 aliphatic heterocycles. The molecule has 0 spiro atoms. The smallest absolute Gasteiger partial charge is 0.196 e. The van der Waals surface area contributed by atoms with E-state index in [4.69, 9.17) is 9.40 Å². The largest absolute Gasteiger partial charge is 0.450 e. The van der Waals surface area contributed by atoms with Crippen molar-refractivity contribution in [3.63, 3.8) is 0 Å². The summed E-state index contributed by atoms with van der Waals surface area (Å²) in [6, 6.07) is 17.9. The first-order valence-corrected chi connectivity index (χ1v) is 7.35. The van der Waals surface area contributed by atoms with Crippen LogP contribution in [0.25, 0.3) is 33.5 Å². The minimum Gasteiger partial charge on any atom is -0.450 e. The maximum Gasteiger partial charge on any atom is 0.196 e. The quantitative estimate of drug-likeness (QED) is 0.604. The van der Waals surface area contributed by atoms with Gasteiger partial charge in [-0.1, -0.05) is 42.5 Å². The van der Waals surface area contributed by atoms with Crippen LogP contribution in [0.4, 0.5) is 5.82 Å². The zero-order valence-electron chi connectivity index (χ0n) is 12.2. The van der Waals surface area contributed by atoms with Crippen LogP contribution in [0.3, 0.4) is 0 Å². The lowest BCUT2D eigenvalue weighted by atomic mass is 10.2. The van der Waals surface area contributed by atoms with E-state index in [1.165, 1.54) is 0 Å². The van der Waals surface area contributed by atoms with Crippen LogP contribution in [-0.2, 0) is 0 Å². The molecule has 2 heterocycles. The lowest BCUT2D eigenvalue weighted by Crippen LogP contribution is -2.02.